The van der Waals surface area contributed by atoms with Gasteiger partial charge < -0.3 is 11.1 Å². The lowest BCUT2D eigenvalue weighted by molar-refractivity contribution is 0.176. The first-order chi connectivity index (χ1) is 11.2. The molecule has 1 aromatic heterocycles. The van der Waals surface area contributed by atoms with Gasteiger partial charge in [0.25, 0.3) is 0 Å². The van der Waals surface area contributed by atoms with Crippen molar-refractivity contribution in [3.63, 3.8) is 0 Å². The van der Waals surface area contributed by atoms with Gasteiger partial charge in [-0.2, -0.15) is 0 Å². The molecule has 0 unspecified atom stereocenters. The Balaban J connectivity index is 1.32. The summed E-state index contributed by atoms with van der Waals surface area (Å²) in [7, 11) is 0. The molecule has 23 heavy (non-hydrogen) atoms. The predicted octanol–water partition coefficient (Wildman–Crippen LogP) is 2.37. The Morgan fingerprint density at radius 3 is 2.74 bits per heavy atom. The zero-order chi connectivity index (χ0) is 16.1. The number of hydrogen-bond acceptors (Lipinski definition) is 4. The third kappa shape index (κ3) is 5.18. The molecule has 0 atom stereocenters. The average molecular weight is 336 g/mol. The number of thiazole rings is 1. The highest BCUT2D eigenvalue weighted by Crippen LogP contribution is 2.26. The van der Waals surface area contributed by atoms with Crippen LogP contribution in [0.25, 0.3) is 0 Å². The summed E-state index contributed by atoms with van der Waals surface area (Å²) in [5.41, 5.74) is 7.19. The molecular formula is C17H29N5S. The number of hydrogen-bond donors (Lipinski definition) is 2. The third-order valence-electron chi connectivity index (χ3n) is 5.08. The van der Waals surface area contributed by atoms with Crippen molar-refractivity contribution >= 4 is 17.3 Å². The number of likely N-dealkylation sites (tertiary alicyclic amines) is 1. The minimum Gasteiger partial charge on any atom is -0.370 e. The fourth-order valence-electron chi connectivity index (χ4n) is 3.27. The molecule has 0 bridgehead atoms. The maximum Gasteiger partial charge on any atom is 0.188 e. The Hall–Kier alpha value is -1.14. The molecule has 128 valence electrons. The molecular weight excluding hydrogens is 306 g/mol. The highest BCUT2D eigenvalue weighted by molar-refractivity contribution is 7.09. The Morgan fingerprint density at radius 1 is 1.35 bits per heavy atom. The van der Waals surface area contributed by atoms with E-state index in [1.807, 2.05) is 0 Å². The topological polar surface area (TPSA) is 66.5 Å². The molecule has 1 aromatic rings. The predicted molar refractivity (Wildman–Crippen MR) is 96.7 cm³/mol. The van der Waals surface area contributed by atoms with Gasteiger partial charge in [-0.05, 0) is 57.5 Å². The number of guanidine groups is 1. The number of piperidine rings is 1. The standard InChI is InChI=1S/C17H29N5S/c1-13-21-16(12-23-13)11-22-7-5-15(6-8-22)10-20-17(18)19-9-14-3-2-4-14/h12,14-15H,2-11H2,1H3,(H3,18,19,20). The Morgan fingerprint density at radius 2 is 2.13 bits per heavy atom. The zero-order valence-electron chi connectivity index (χ0n) is 14.1. The Labute approximate surface area is 143 Å². The second-order valence-electron chi connectivity index (χ2n) is 6.98. The van der Waals surface area contributed by atoms with Crippen LogP contribution in [0, 0.1) is 18.8 Å². The summed E-state index contributed by atoms with van der Waals surface area (Å²) in [6, 6.07) is 0. The normalized spacial score (nSPS) is 21.3. The van der Waals surface area contributed by atoms with E-state index in [2.05, 4.69) is 32.5 Å². The molecule has 1 aliphatic heterocycles. The number of nitrogens with two attached hydrogens (primary N) is 1. The fraction of sp³-hybridized carbons (Fsp3) is 0.765. The molecule has 2 heterocycles. The van der Waals surface area contributed by atoms with Crippen LogP contribution in [0.1, 0.15) is 42.8 Å². The summed E-state index contributed by atoms with van der Waals surface area (Å²) < 4.78 is 0. The highest BCUT2D eigenvalue weighted by Gasteiger charge is 2.20. The van der Waals surface area contributed by atoms with Crippen LogP contribution in [-0.4, -0.2) is 42.0 Å². The molecule has 0 spiro atoms. The second kappa shape index (κ2) is 8.11. The fourth-order valence-corrected chi connectivity index (χ4v) is 3.87. The summed E-state index contributed by atoms with van der Waals surface area (Å²) in [4.78, 5) is 11.5. The number of nitrogens with one attached hydrogen (secondary N) is 1. The van der Waals surface area contributed by atoms with Crippen molar-refractivity contribution < 1.29 is 0 Å². The summed E-state index contributed by atoms with van der Waals surface area (Å²) >= 11 is 1.74. The highest BCUT2D eigenvalue weighted by atomic mass is 32.1. The monoisotopic (exact) mass is 335 g/mol. The summed E-state index contributed by atoms with van der Waals surface area (Å²) in [6.45, 7) is 7.25. The van der Waals surface area contributed by atoms with E-state index in [-0.39, 0.29) is 0 Å². The van der Waals surface area contributed by atoms with Crippen LogP contribution in [0.5, 0.6) is 0 Å². The van der Waals surface area contributed by atoms with E-state index in [1.165, 1.54) is 37.8 Å². The van der Waals surface area contributed by atoms with Crippen LogP contribution in [-0.2, 0) is 6.54 Å². The lowest BCUT2D eigenvalue weighted by Crippen LogP contribution is -2.40. The molecule has 5 nitrogen and oxygen atoms in total. The smallest absolute Gasteiger partial charge is 0.188 e. The molecule has 2 aliphatic rings. The van der Waals surface area contributed by atoms with Crippen LogP contribution >= 0.6 is 11.3 Å². The van der Waals surface area contributed by atoms with Crippen molar-refractivity contribution in [3.05, 3.63) is 16.1 Å². The molecule has 0 amide bonds. The minimum atomic E-state index is 0.636. The maximum absolute atomic E-state index is 5.97. The number of rotatable bonds is 6. The van der Waals surface area contributed by atoms with Crippen LogP contribution in [0.4, 0.5) is 0 Å². The lowest BCUT2D eigenvalue weighted by Gasteiger charge is -2.31. The van der Waals surface area contributed by atoms with E-state index in [0.29, 0.717) is 11.9 Å². The summed E-state index contributed by atoms with van der Waals surface area (Å²) in [5, 5.41) is 6.67. The van der Waals surface area contributed by atoms with Crippen LogP contribution in [0.15, 0.2) is 10.4 Å². The molecule has 1 saturated heterocycles. The largest absolute Gasteiger partial charge is 0.370 e. The van der Waals surface area contributed by atoms with Gasteiger partial charge in [0.2, 0.25) is 0 Å². The van der Waals surface area contributed by atoms with Gasteiger partial charge in [-0.3, -0.25) is 9.89 Å². The quantitative estimate of drug-likeness (QED) is 0.619. The Kier molecular flexibility index (Phi) is 5.89. The van der Waals surface area contributed by atoms with E-state index in [9.17, 15) is 0 Å². The van der Waals surface area contributed by atoms with Crippen LogP contribution in [0.2, 0.25) is 0 Å². The second-order valence-corrected chi connectivity index (χ2v) is 8.04. The van der Waals surface area contributed by atoms with E-state index < -0.39 is 0 Å². The number of aryl methyl sites for hydroxylation is 1. The van der Waals surface area contributed by atoms with E-state index in [4.69, 9.17) is 5.73 Å². The van der Waals surface area contributed by atoms with Crippen molar-refractivity contribution in [1.29, 1.82) is 0 Å². The van der Waals surface area contributed by atoms with Gasteiger partial charge in [0.1, 0.15) is 0 Å². The minimum absolute atomic E-state index is 0.636. The number of aromatic nitrogens is 1. The maximum atomic E-state index is 5.97. The van der Waals surface area contributed by atoms with Crippen molar-refractivity contribution in [2.45, 2.75) is 45.6 Å². The summed E-state index contributed by atoms with van der Waals surface area (Å²) in [6.07, 6.45) is 6.48. The molecule has 0 aromatic carbocycles. The van der Waals surface area contributed by atoms with Crippen LogP contribution in [0.3, 0.4) is 0 Å². The Bertz CT molecular complexity index is 515. The zero-order valence-corrected chi connectivity index (χ0v) is 14.9. The first-order valence-electron chi connectivity index (χ1n) is 8.86. The van der Waals surface area contributed by atoms with Gasteiger partial charge in [0.05, 0.1) is 10.7 Å². The SMILES string of the molecule is Cc1nc(CN2CCC(CNC(N)=NCC3CCC3)CC2)cs1. The van der Waals surface area contributed by atoms with Gasteiger partial charge in [0, 0.05) is 25.0 Å². The first kappa shape index (κ1) is 16.7. The molecule has 6 heteroatoms. The average Bonchev–Trinajstić information content (AvgIpc) is 2.90. The van der Waals surface area contributed by atoms with Gasteiger partial charge in [-0.1, -0.05) is 6.42 Å². The molecule has 3 rings (SSSR count). The van der Waals surface area contributed by atoms with Gasteiger partial charge >= 0.3 is 0 Å². The van der Waals surface area contributed by atoms with Crippen molar-refractivity contribution in [2.24, 2.45) is 22.6 Å². The van der Waals surface area contributed by atoms with E-state index in [1.54, 1.807) is 11.3 Å². The van der Waals surface area contributed by atoms with Gasteiger partial charge in [0.15, 0.2) is 5.96 Å². The molecule has 3 N–H and O–H groups in total. The molecule has 2 fully saturated rings. The van der Waals surface area contributed by atoms with Crippen molar-refractivity contribution in [1.82, 2.24) is 15.2 Å². The van der Waals surface area contributed by atoms with E-state index in [0.717, 1.165) is 43.6 Å². The van der Waals surface area contributed by atoms with E-state index >= 15 is 0 Å². The number of nitrogens with zero attached hydrogens (tertiary/aromatic N) is 3. The molecule has 0 radical (unpaired) electrons. The summed E-state index contributed by atoms with van der Waals surface area (Å²) in [5.74, 6) is 2.13. The van der Waals surface area contributed by atoms with Crippen molar-refractivity contribution in [2.75, 3.05) is 26.2 Å². The van der Waals surface area contributed by atoms with Gasteiger partial charge in [-0.25, -0.2) is 4.98 Å². The molecule has 1 aliphatic carbocycles. The van der Waals surface area contributed by atoms with Crippen LogP contribution < -0.4 is 11.1 Å². The van der Waals surface area contributed by atoms with Crippen molar-refractivity contribution in [3.8, 4) is 0 Å². The lowest BCUT2D eigenvalue weighted by atomic mass is 9.86. The first-order valence-corrected chi connectivity index (χ1v) is 9.74. The molecule has 1 saturated carbocycles. The number of aliphatic imine (C=N–C) groups is 1. The third-order valence-corrected chi connectivity index (χ3v) is 5.90. The van der Waals surface area contributed by atoms with Gasteiger partial charge in [-0.15, -0.1) is 11.3 Å².